The van der Waals surface area contributed by atoms with Crippen LogP contribution in [0.5, 0.6) is 0 Å². The monoisotopic (exact) mass is 404 g/mol. The van der Waals surface area contributed by atoms with Gasteiger partial charge in [0, 0.05) is 32.1 Å². The van der Waals surface area contributed by atoms with Crippen molar-refractivity contribution in [1.29, 1.82) is 0 Å². The van der Waals surface area contributed by atoms with Gasteiger partial charge in [-0.1, -0.05) is 25.1 Å². The normalized spacial score (nSPS) is 19.9. The molecule has 0 amide bonds. The Balaban J connectivity index is 1.43. The summed E-state index contributed by atoms with van der Waals surface area (Å²) < 4.78 is 33.2. The highest BCUT2D eigenvalue weighted by molar-refractivity contribution is 7.89. The number of sulfonamides is 1. The van der Waals surface area contributed by atoms with E-state index in [2.05, 4.69) is 15.0 Å². The summed E-state index contributed by atoms with van der Waals surface area (Å²) in [6.45, 7) is 8.31. The average molecular weight is 405 g/mol. The predicted octanol–water partition coefficient (Wildman–Crippen LogP) is 2.75. The first kappa shape index (κ1) is 19.5. The van der Waals surface area contributed by atoms with Crippen LogP contribution in [-0.2, 0) is 22.9 Å². The van der Waals surface area contributed by atoms with Crippen LogP contribution in [0, 0.1) is 0 Å². The number of aryl methyl sites for hydroxylation is 2. The molecule has 1 aromatic carbocycles. The zero-order chi connectivity index (χ0) is 19.9. The Morgan fingerprint density at radius 1 is 1.04 bits per heavy atom. The maximum atomic E-state index is 13.1. The fraction of sp³-hybridized carbons (Fsp3) is 0.600. The van der Waals surface area contributed by atoms with Gasteiger partial charge >= 0.3 is 0 Å². The zero-order valence-corrected chi connectivity index (χ0v) is 17.6. The maximum absolute atomic E-state index is 13.1. The Morgan fingerprint density at radius 2 is 1.75 bits per heavy atom. The Kier molecular flexibility index (Phi) is 5.28. The number of rotatable bonds is 5. The summed E-state index contributed by atoms with van der Waals surface area (Å²) in [5.41, 5.74) is 2.48. The van der Waals surface area contributed by atoms with Gasteiger partial charge in [0.1, 0.15) is 0 Å². The number of fused-ring (bicyclic) bond motifs is 1. The molecule has 0 radical (unpaired) electrons. The molecule has 7 nitrogen and oxygen atoms in total. The Morgan fingerprint density at radius 3 is 2.43 bits per heavy atom. The molecule has 1 unspecified atom stereocenters. The van der Waals surface area contributed by atoms with E-state index in [1.54, 1.807) is 10.4 Å². The molecule has 2 aromatic rings. The average Bonchev–Trinajstić information content (AvgIpc) is 3.36. The molecule has 152 valence electrons. The number of hydrogen-bond acceptors (Lipinski definition) is 6. The van der Waals surface area contributed by atoms with Gasteiger partial charge in [0.05, 0.1) is 10.9 Å². The highest BCUT2D eigenvalue weighted by atomic mass is 32.2. The van der Waals surface area contributed by atoms with Gasteiger partial charge in [-0.15, -0.1) is 0 Å². The third kappa shape index (κ3) is 3.60. The van der Waals surface area contributed by atoms with Gasteiger partial charge in [0.2, 0.25) is 15.9 Å². The van der Waals surface area contributed by atoms with Crippen LogP contribution < -0.4 is 0 Å². The smallest absolute Gasteiger partial charge is 0.243 e. The van der Waals surface area contributed by atoms with Gasteiger partial charge in [-0.05, 0) is 49.4 Å². The molecule has 28 heavy (non-hydrogen) atoms. The second-order valence-corrected chi connectivity index (χ2v) is 9.98. The Labute approximate surface area is 166 Å². The number of benzene rings is 1. The van der Waals surface area contributed by atoms with E-state index in [0.717, 1.165) is 19.3 Å². The minimum atomic E-state index is -3.45. The molecular formula is C20H28N4O3S. The van der Waals surface area contributed by atoms with Crippen molar-refractivity contribution in [3.05, 3.63) is 41.0 Å². The first-order valence-corrected chi connectivity index (χ1v) is 11.5. The van der Waals surface area contributed by atoms with Crippen molar-refractivity contribution in [3.8, 4) is 0 Å². The first-order chi connectivity index (χ1) is 13.4. The summed E-state index contributed by atoms with van der Waals surface area (Å²) in [4.78, 5) is 7.11. The lowest BCUT2D eigenvalue weighted by Gasteiger charge is -2.36. The van der Waals surface area contributed by atoms with Gasteiger partial charge in [0.25, 0.3) is 0 Å². The van der Waals surface area contributed by atoms with Crippen molar-refractivity contribution in [2.45, 2.75) is 56.9 Å². The Bertz CT molecular complexity index is 946. The fourth-order valence-electron chi connectivity index (χ4n) is 4.00. The van der Waals surface area contributed by atoms with Crippen LogP contribution in [-0.4, -0.2) is 53.9 Å². The highest BCUT2D eigenvalue weighted by Crippen LogP contribution is 2.28. The molecule has 0 N–H and O–H groups in total. The van der Waals surface area contributed by atoms with E-state index in [1.807, 2.05) is 32.9 Å². The summed E-state index contributed by atoms with van der Waals surface area (Å²) in [7, 11) is -3.45. The van der Waals surface area contributed by atoms with Gasteiger partial charge < -0.3 is 4.52 Å². The lowest BCUT2D eigenvalue weighted by Crippen LogP contribution is -2.49. The summed E-state index contributed by atoms with van der Waals surface area (Å²) in [6.07, 6.45) is 3.15. The van der Waals surface area contributed by atoms with Crippen molar-refractivity contribution >= 4 is 10.0 Å². The third-order valence-electron chi connectivity index (χ3n) is 5.86. The quantitative estimate of drug-likeness (QED) is 0.762. The molecule has 0 saturated carbocycles. The van der Waals surface area contributed by atoms with Gasteiger partial charge in [-0.25, -0.2) is 8.42 Å². The molecular weight excluding hydrogens is 376 g/mol. The summed E-state index contributed by atoms with van der Waals surface area (Å²) >= 11 is 0. The molecule has 1 aromatic heterocycles. The number of piperazine rings is 1. The number of nitrogens with zero attached hydrogens (tertiary/aromatic N) is 4. The molecule has 1 aliphatic heterocycles. The minimum Gasteiger partial charge on any atom is -0.338 e. The van der Waals surface area contributed by atoms with Gasteiger partial charge in [-0.3, -0.25) is 4.90 Å². The lowest BCUT2D eigenvalue weighted by molar-refractivity contribution is 0.124. The van der Waals surface area contributed by atoms with Crippen molar-refractivity contribution in [3.63, 3.8) is 0 Å². The molecule has 2 heterocycles. The highest BCUT2D eigenvalue weighted by Gasteiger charge is 2.32. The molecule has 0 bridgehead atoms. The predicted molar refractivity (Wildman–Crippen MR) is 106 cm³/mol. The van der Waals surface area contributed by atoms with Gasteiger partial charge in [0.15, 0.2) is 5.82 Å². The van der Waals surface area contributed by atoms with Crippen molar-refractivity contribution in [2.75, 3.05) is 26.2 Å². The maximum Gasteiger partial charge on any atom is 0.243 e. The second kappa shape index (κ2) is 7.57. The number of hydrogen-bond donors (Lipinski definition) is 0. The van der Waals surface area contributed by atoms with Crippen LogP contribution in [0.1, 0.15) is 62.0 Å². The molecule has 1 aliphatic carbocycles. The van der Waals surface area contributed by atoms with Crippen LogP contribution in [0.4, 0.5) is 0 Å². The molecule has 2 aliphatic rings. The molecule has 1 saturated heterocycles. The summed E-state index contributed by atoms with van der Waals surface area (Å²) in [5.74, 6) is 1.53. The largest absolute Gasteiger partial charge is 0.338 e. The fourth-order valence-corrected chi connectivity index (χ4v) is 5.47. The molecule has 1 fully saturated rings. The van der Waals surface area contributed by atoms with E-state index in [-0.39, 0.29) is 12.0 Å². The van der Waals surface area contributed by atoms with Crippen LogP contribution in [0.15, 0.2) is 27.6 Å². The van der Waals surface area contributed by atoms with Crippen molar-refractivity contribution < 1.29 is 12.9 Å². The van der Waals surface area contributed by atoms with E-state index in [0.29, 0.717) is 42.8 Å². The summed E-state index contributed by atoms with van der Waals surface area (Å²) in [6, 6.07) is 5.60. The standard InChI is InChI=1S/C20H28N4O3S/c1-14(2)19-21-20(27-22-19)15(3)23-9-11-24(12-10-23)28(25,26)18-8-7-16-5-4-6-17(16)13-18/h7-8,13-15H,4-6,9-12H2,1-3H3. The van der Waals surface area contributed by atoms with Crippen LogP contribution in [0.3, 0.4) is 0 Å². The van der Waals surface area contributed by atoms with Crippen LogP contribution in [0.2, 0.25) is 0 Å². The molecule has 4 rings (SSSR count). The third-order valence-corrected chi connectivity index (χ3v) is 7.75. The second-order valence-electron chi connectivity index (χ2n) is 8.05. The molecule has 1 atom stereocenters. The van der Waals surface area contributed by atoms with E-state index in [9.17, 15) is 8.42 Å². The first-order valence-electron chi connectivity index (χ1n) is 10.1. The Hall–Kier alpha value is -1.77. The van der Waals surface area contributed by atoms with Crippen LogP contribution in [0.25, 0.3) is 0 Å². The summed E-state index contributed by atoms with van der Waals surface area (Å²) in [5, 5.41) is 4.03. The van der Waals surface area contributed by atoms with Crippen molar-refractivity contribution in [1.82, 2.24) is 19.3 Å². The van der Waals surface area contributed by atoms with Gasteiger partial charge in [-0.2, -0.15) is 9.29 Å². The SMILES string of the molecule is CC(C)c1noc(C(C)N2CCN(S(=O)(=O)c3ccc4c(c3)CCC4)CC2)n1. The lowest BCUT2D eigenvalue weighted by atomic mass is 10.1. The number of aromatic nitrogens is 2. The molecule has 0 spiro atoms. The molecule has 8 heteroatoms. The van der Waals surface area contributed by atoms with E-state index in [1.165, 1.54) is 11.1 Å². The van der Waals surface area contributed by atoms with Crippen LogP contribution >= 0.6 is 0 Å². The topological polar surface area (TPSA) is 79.5 Å². The minimum absolute atomic E-state index is 0.0233. The zero-order valence-electron chi connectivity index (χ0n) is 16.8. The van der Waals surface area contributed by atoms with E-state index in [4.69, 9.17) is 4.52 Å². The van der Waals surface area contributed by atoms with Crippen molar-refractivity contribution in [2.24, 2.45) is 0 Å². The van der Waals surface area contributed by atoms with E-state index >= 15 is 0 Å². The van der Waals surface area contributed by atoms with E-state index < -0.39 is 10.0 Å².